The van der Waals surface area contributed by atoms with Crippen molar-refractivity contribution in [3.63, 3.8) is 0 Å². The molecule has 0 aromatic heterocycles. The van der Waals surface area contributed by atoms with E-state index < -0.39 is 0 Å². The molecule has 0 bridgehead atoms. The lowest BCUT2D eigenvalue weighted by molar-refractivity contribution is -0.131. The second-order valence-corrected chi connectivity index (χ2v) is 3.98. The van der Waals surface area contributed by atoms with E-state index in [9.17, 15) is 4.79 Å². The van der Waals surface area contributed by atoms with Gasteiger partial charge in [0.25, 0.3) is 0 Å². The Morgan fingerprint density at radius 3 is 2.46 bits per heavy atom. The molecule has 0 saturated carbocycles. The van der Waals surface area contributed by atoms with Gasteiger partial charge >= 0.3 is 0 Å². The molecule has 13 heavy (non-hydrogen) atoms. The van der Waals surface area contributed by atoms with E-state index in [1.165, 1.54) is 0 Å². The maximum absolute atomic E-state index is 11.5. The molecule has 1 saturated heterocycles. The van der Waals surface area contributed by atoms with Gasteiger partial charge in [-0.05, 0) is 26.2 Å². The summed E-state index contributed by atoms with van der Waals surface area (Å²) in [4.78, 5) is 13.3. The first-order chi connectivity index (χ1) is 6.02. The highest BCUT2D eigenvalue weighted by atomic mass is 16.2. The molecule has 1 rings (SSSR count). The summed E-state index contributed by atoms with van der Waals surface area (Å²) >= 11 is 0. The van der Waals surface area contributed by atoms with Gasteiger partial charge in [-0.2, -0.15) is 0 Å². The minimum absolute atomic E-state index is 0.0446. The zero-order valence-corrected chi connectivity index (χ0v) is 8.36. The van der Waals surface area contributed by atoms with Crippen LogP contribution in [0.1, 0.15) is 20.3 Å². The Bertz CT molecular complexity index is 191. The Morgan fingerprint density at radius 2 is 2.08 bits per heavy atom. The largest absolute Gasteiger partial charge is 0.341 e. The summed E-state index contributed by atoms with van der Waals surface area (Å²) in [6, 6.07) is -0.210. The molecule has 0 aromatic carbocycles. The predicted octanol–water partition coefficient (Wildman–Crippen LogP) is -0.471. The maximum atomic E-state index is 11.5. The summed E-state index contributed by atoms with van der Waals surface area (Å²) in [7, 11) is 0. The summed E-state index contributed by atoms with van der Waals surface area (Å²) in [5.74, 6) is 0.492. The van der Waals surface area contributed by atoms with Crippen molar-refractivity contribution in [2.75, 3.05) is 13.1 Å². The number of hydrogen-bond donors (Lipinski definition) is 2. The van der Waals surface area contributed by atoms with Crippen LogP contribution in [0.15, 0.2) is 0 Å². The van der Waals surface area contributed by atoms with Crippen molar-refractivity contribution in [1.29, 1.82) is 0 Å². The monoisotopic (exact) mass is 185 g/mol. The molecule has 0 aromatic rings. The summed E-state index contributed by atoms with van der Waals surface area (Å²) < 4.78 is 0. The van der Waals surface area contributed by atoms with Crippen molar-refractivity contribution in [2.24, 2.45) is 17.4 Å². The van der Waals surface area contributed by atoms with Crippen molar-refractivity contribution >= 4 is 5.91 Å². The van der Waals surface area contributed by atoms with E-state index >= 15 is 0 Å². The standard InChI is InChI=1S/C9H19N3O/c1-6(10)8-3-4-12(5-8)9(13)7(2)11/h6-8H,3-5,10-11H2,1-2H3. The molecule has 1 aliphatic heterocycles. The Balaban J connectivity index is 2.45. The van der Waals surface area contributed by atoms with E-state index in [1.54, 1.807) is 6.92 Å². The van der Waals surface area contributed by atoms with Gasteiger partial charge in [0.2, 0.25) is 5.91 Å². The Morgan fingerprint density at radius 1 is 1.46 bits per heavy atom. The average molecular weight is 185 g/mol. The first-order valence-electron chi connectivity index (χ1n) is 4.82. The van der Waals surface area contributed by atoms with Crippen LogP contribution in [0.3, 0.4) is 0 Å². The van der Waals surface area contributed by atoms with Gasteiger partial charge in [-0.15, -0.1) is 0 Å². The number of carbonyl (C=O) groups excluding carboxylic acids is 1. The second-order valence-electron chi connectivity index (χ2n) is 3.98. The molecule has 1 amide bonds. The molecule has 0 spiro atoms. The molecule has 1 heterocycles. The highest BCUT2D eigenvalue weighted by Crippen LogP contribution is 2.18. The van der Waals surface area contributed by atoms with Crippen LogP contribution in [0.2, 0.25) is 0 Å². The predicted molar refractivity (Wildman–Crippen MR) is 52.0 cm³/mol. The van der Waals surface area contributed by atoms with Crippen LogP contribution in [0.25, 0.3) is 0 Å². The lowest BCUT2D eigenvalue weighted by Gasteiger charge is -2.19. The van der Waals surface area contributed by atoms with Gasteiger partial charge in [0.15, 0.2) is 0 Å². The third-order valence-electron chi connectivity index (χ3n) is 2.67. The molecule has 4 heteroatoms. The first-order valence-corrected chi connectivity index (χ1v) is 4.82. The van der Waals surface area contributed by atoms with Crippen molar-refractivity contribution < 1.29 is 4.79 Å². The number of nitrogens with two attached hydrogens (primary N) is 2. The van der Waals surface area contributed by atoms with Crippen LogP contribution in [0, 0.1) is 5.92 Å². The van der Waals surface area contributed by atoms with Crippen LogP contribution < -0.4 is 11.5 Å². The number of amides is 1. The van der Waals surface area contributed by atoms with Crippen molar-refractivity contribution in [3.8, 4) is 0 Å². The fourth-order valence-corrected chi connectivity index (χ4v) is 1.70. The molecule has 3 unspecified atom stereocenters. The van der Waals surface area contributed by atoms with Gasteiger partial charge in [-0.1, -0.05) is 0 Å². The van der Waals surface area contributed by atoms with Crippen molar-refractivity contribution in [1.82, 2.24) is 4.90 Å². The lowest BCUT2D eigenvalue weighted by atomic mass is 10.0. The fourth-order valence-electron chi connectivity index (χ4n) is 1.70. The second kappa shape index (κ2) is 4.07. The Kier molecular flexibility index (Phi) is 3.27. The van der Waals surface area contributed by atoms with E-state index in [-0.39, 0.29) is 18.0 Å². The summed E-state index contributed by atoms with van der Waals surface area (Å²) in [6.07, 6.45) is 1.01. The van der Waals surface area contributed by atoms with Crippen LogP contribution in [0.4, 0.5) is 0 Å². The zero-order chi connectivity index (χ0) is 10.0. The highest BCUT2D eigenvalue weighted by molar-refractivity contribution is 5.81. The number of nitrogens with zero attached hydrogens (tertiary/aromatic N) is 1. The van der Waals surface area contributed by atoms with E-state index in [4.69, 9.17) is 11.5 Å². The summed E-state index contributed by atoms with van der Waals surface area (Å²) in [6.45, 7) is 5.30. The van der Waals surface area contributed by atoms with E-state index in [0.29, 0.717) is 5.92 Å². The zero-order valence-electron chi connectivity index (χ0n) is 8.36. The molecule has 76 valence electrons. The number of carbonyl (C=O) groups is 1. The first kappa shape index (κ1) is 10.5. The minimum Gasteiger partial charge on any atom is -0.341 e. The van der Waals surface area contributed by atoms with E-state index in [2.05, 4.69) is 0 Å². The molecule has 1 fully saturated rings. The molecule has 4 N–H and O–H groups in total. The topological polar surface area (TPSA) is 72.4 Å². The SMILES string of the molecule is CC(N)C(=O)N1CCC(C(C)N)C1. The Labute approximate surface area is 79.3 Å². The van der Waals surface area contributed by atoms with Gasteiger partial charge < -0.3 is 16.4 Å². The average Bonchev–Trinajstić information content (AvgIpc) is 2.50. The smallest absolute Gasteiger partial charge is 0.239 e. The van der Waals surface area contributed by atoms with Crippen molar-refractivity contribution in [2.45, 2.75) is 32.4 Å². The number of rotatable bonds is 2. The normalized spacial score (nSPS) is 27.4. The Hall–Kier alpha value is -0.610. The molecular formula is C9H19N3O. The summed E-state index contributed by atoms with van der Waals surface area (Å²) in [5.41, 5.74) is 11.3. The number of hydrogen-bond acceptors (Lipinski definition) is 3. The molecule has 0 aliphatic carbocycles. The molecule has 3 atom stereocenters. The molecule has 4 nitrogen and oxygen atoms in total. The van der Waals surface area contributed by atoms with Crippen LogP contribution >= 0.6 is 0 Å². The summed E-state index contributed by atoms with van der Waals surface area (Å²) in [5, 5.41) is 0. The quantitative estimate of drug-likeness (QED) is 0.611. The van der Waals surface area contributed by atoms with E-state index in [0.717, 1.165) is 19.5 Å². The fraction of sp³-hybridized carbons (Fsp3) is 0.889. The van der Waals surface area contributed by atoms with Gasteiger partial charge in [-0.3, -0.25) is 4.79 Å². The van der Waals surface area contributed by atoms with Crippen LogP contribution in [0.5, 0.6) is 0 Å². The third kappa shape index (κ3) is 2.42. The minimum atomic E-state index is -0.383. The molecular weight excluding hydrogens is 166 g/mol. The van der Waals surface area contributed by atoms with Gasteiger partial charge in [0, 0.05) is 19.1 Å². The lowest BCUT2D eigenvalue weighted by Crippen LogP contribution is -2.41. The van der Waals surface area contributed by atoms with Gasteiger partial charge in [0.1, 0.15) is 0 Å². The van der Waals surface area contributed by atoms with Gasteiger partial charge in [0.05, 0.1) is 6.04 Å². The van der Waals surface area contributed by atoms with Crippen LogP contribution in [-0.4, -0.2) is 36.0 Å². The highest BCUT2D eigenvalue weighted by Gasteiger charge is 2.29. The maximum Gasteiger partial charge on any atom is 0.239 e. The number of likely N-dealkylation sites (tertiary alicyclic amines) is 1. The molecule has 1 aliphatic rings. The third-order valence-corrected chi connectivity index (χ3v) is 2.67. The van der Waals surface area contributed by atoms with Crippen molar-refractivity contribution in [3.05, 3.63) is 0 Å². The van der Waals surface area contributed by atoms with Crippen LogP contribution in [-0.2, 0) is 4.79 Å². The molecule has 0 radical (unpaired) electrons. The van der Waals surface area contributed by atoms with Gasteiger partial charge in [-0.25, -0.2) is 0 Å². The van der Waals surface area contributed by atoms with E-state index in [1.807, 2.05) is 11.8 Å².